The number of hydrogen-bond acceptors (Lipinski definition) is 3. The van der Waals surface area contributed by atoms with Crippen molar-refractivity contribution in [1.29, 1.82) is 0 Å². The van der Waals surface area contributed by atoms with Gasteiger partial charge in [0, 0.05) is 28.9 Å². The van der Waals surface area contributed by atoms with E-state index in [1.807, 2.05) is 42.6 Å². The Morgan fingerprint density at radius 3 is 2.85 bits per heavy atom. The molecule has 3 N–H and O–H groups in total. The lowest BCUT2D eigenvalue weighted by atomic mass is 10.2. The van der Waals surface area contributed by atoms with Crippen LogP contribution < -0.4 is 5.73 Å². The number of fused-ring (bicyclic) bond motifs is 1. The fourth-order valence-corrected chi connectivity index (χ4v) is 1.92. The summed E-state index contributed by atoms with van der Waals surface area (Å²) in [6.07, 6.45) is 5.23. The van der Waals surface area contributed by atoms with Crippen LogP contribution in [-0.2, 0) is 0 Å². The molecule has 0 radical (unpaired) electrons. The van der Waals surface area contributed by atoms with Crippen molar-refractivity contribution in [2.75, 3.05) is 0 Å². The van der Waals surface area contributed by atoms with E-state index < -0.39 is 0 Å². The van der Waals surface area contributed by atoms with Crippen LogP contribution in [0.1, 0.15) is 11.3 Å². The van der Waals surface area contributed by atoms with Gasteiger partial charge in [-0.25, -0.2) is 0 Å². The number of hydrogen-bond donors (Lipinski definition) is 2. The van der Waals surface area contributed by atoms with Gasteiger partial charge in [-0.15, -0.1) is 5.10 Å². The van der Waals surface area contributed by atoms with Crippen LogP contribution in [0.4, 0.5) is 0 Å². The van der Waals surface area contributed by atoms with Crippen molar-refractivity contribution >= 4 is 23.0 Å². The first-order valence-electron chi connectivity index (χ1n) is 6.18. The monoisotopic (exact) mass is 263 g/mol. The third-order valence-electron chi connectivity index (χ3n) is 2.91. The molecule has 0 aliphatic rings. The van der Waals surface area contributed by atoms with E-state index in [0.29, 0.717) is 11.5 Å². The molecule has 3 rings (SSSR count). The van der Waals surface area contributed by atoms with Crippen molar-refractivity contribution in [3.8, 4) is 0 Å². The second-order valence-corrected chi connectivity index (χ2v) is 4.23. The van der Waals surface area contributed by atoms with Crippen LogP contribution in [0, 0.1) is 0 Å². The molecular formula is C15H13N5. The molecule has 0 bridgehead atoms. The average Bonchev–Trinajstić information content (AvgIpc) is 2.92. The number of H-pyrrole nitrogens is 1. The molecule has 98 valence electrons. The molecule has 2 aromatic heterocycles. The van der Waals surface area contributed by atoms with Gasteiger partial charge < -0.3 is 10.7 Å². The molecule has 0 fully saturated rings. The first kappa shape index (κ1) is 12.1. The summed E-state index contributed by atoms with van der Waals surface area (Å²) < 4.78 is 0. The highest BCUT2D eigenvalue weighted by Gasteiger charge is 2.00. The summed E-state index contributed by atoms with van der Waals surface area (Å²) in [5, 5.41) is 9.08. The van der Waals surface area contributed by atoms with Crippen molar-refractivity contribution in [2.45, 2.75) is 0 Å². The van der Waals surface area contributed by atoms with E-state index >= 15 is 0 Å². The molecular weight excluding hydrogens is 250 g/mol. The highest BCUT2D eigenvalue weighted by Crippen LogP contribution is 2.15. The maximum Gasteiger partial charge on any atom is 0.171 e. The average molecular weight is 263 g/mol. The van der Waals surface area contributed by atoms with E-state index in [1.165, 1.54) is 0 Å². The molecule has 1 aromatic carbocycles. The molecule has 0 saturated carbocycles. The fraction of sp³-hybridized carbons (Fsp3) is 0. The summed E-state index contributed by atoms with van der Waals surface area (Å²) in [4.78, 5) is 7.28. The minimum Gasteiger partial charge on any atom is -0.380 e. The molecule has 0 unspecified atom stereocenters. The molecule has 20 heavy (non-hydrogen) atoms. The van der Waals surface area contributed by atoms with Crippen LogP contribution in [0.15, 0.2) is 65.1 Å². The van der Waals surface area contributed by atoms with Gasteiger partial charge in [-0.05, 0) is 18.2 Å². The third-order valence-corrected chi connectivity index (χ3v) is 2.91. The Morgan fingerprint density at radius 2 is 2.00 bits per heavy atom. The molecule has 5 heteroatoms. The zero-order valence-electron chi connectivity index (χ0n) is 10.7. The zero-order valence-corrected chi connectivity index (χ0v) is 10.7. The van der Waals surface area contributed by atoms with E-state index in [-0.39, 0.29) is 0 Å². The highest BCUT2D eigenvalue weighted by molar-refractivity contribution is 6.00. The minimum absolute atomic E-state index is 0.293. The van der Waals surface area contributed by atoms with Crippen LogP contribution in [-0.4, -0.2) is 22.0 Å². The molecule has 5 nitrogen and oxygen atoms in total. The van der Waals surface area contributed by atoms with E-state index in [0.717, 1.165) is 16.5 Å². The summed E-state index contributed by atoms with van der Waals surface area (Å²) in [7, 11) is 0. The Hall–Kier alpha value is -2.95. The lowest BCUT2D eigenvalue weighted by molar-refractivity contribution is 1.20. The van der Waals surface area contributed by atoms with Gasteiger partial charge in [-0.2, -0.15) is 5.10 Å². The van der Waals surface area contributed by atoms with Gasteiger partial charge in [0.05, 0.1) is 6.21 Å². The summed E-state index contributed by atoms with van der Waals surface area (Å²) >= 11 is 0. The number of amidine groups is 1. The van der Waals surface area contributed by atoms with Gasteiger partial charge in [-0.3, -0.25) is 4.98 Å². The van der Waals surface area contributed by atoms with Crippen LogP contribution in [0.5, 0.6) is 0 Å². The number of benzene rings is 1. The van der Waals surface area contributed by atoms with Crippen molar-refractivity contribution in [3.63, 3.8) is 0 Å². The van der Waals surface area contributed by atoms with Gasteiger partial charge in [0.25, 0.3) is 0 Å². The van der Waals surface area contributed by atoms with Gasteiger partial charge >= 0.3 is 0 Å². The number of pyridine rings is 1. The Balaban J connectivity index is 1.84. The minimum atomic E-state index is 0.293. The third kappa shape index (κ3) is 2.42. The lowest BCUT2D eigenvalue weighted by Gasteiger charge is -1.95. The van der Waals surface area contributed by atoms with E-state index in [4.69, 9.17) is 5.73 Å². The number of aromatic nitrogens is 2. The molecule has 2 heterocycles. The van der Waals surface area contributed by atoms with Gasteiger partial charge in [0.15, 0.2) is 5.84 Å². The molecule has 0 aliphatic carbocycles. The Bertz CT molecular complexity index is 771. The van der Waals surface area contributed by atoms with Crippen LogP contribution in [0.2, 0.25) is 0 Å². The summed E-state index contributed by atoms with van der Waals surface area (Å²) in [6, 6.07) is 13.5. The summed E-state index contributed by atoms with van der Waals surface area (Å²) in [5.41, 5.74) is 8.46. The second kappa shape index (κ2) is 5.36. The molecule has 0 spiro atoms. The van der Waals surface area contributed by atoms with Gasteiger partial charge in [-0.1, -0.05) is 24.3 Å². The van der Waals surface area contributed by atoms with Crippen LogP contribution in [0.3, 0.4) is 0 Å². The number of nitrogens with two attached hydrogens (primary N) is 1. The molecule has 0 aliphatic heterocycles. The lowest BCUT2D eigenvalue weighted by Crippen LogP contribution is -2.14. The number of nitrogens with zero attached hydrogens (tertiary/aromatic N) is 3. The van der Waals surface area contributed by atoms with Crippen LogP contribution >= 0.6 is 0 Å². The van der Waals surface area contributed by atoms with Crippen molar-refractivity contribution in [3.05, 3.63) is 66.1 Å². The Morgan fingerprint density at radius 1 is 1.15 bits per heavy atom. The van der Waals surface area contributed by atoms with Crippen molar-refractivity contribution in [2.24, 2.45) is 15.9 Å². The van der Waals surface area contributed by atoms with E-state index in [9.17, 15) is 0 Å². The maximum absolute atomic E-state index is 5.81. The number of rotatable bonds is 3. The summed E-state index contributed by atoms with van der Waals surface area (Å²) in [5.74, 6) is 0.293. The topological polar surface area (TPSA) is 79.4 Å². The van der Waals surface area contributed by atoms with Crippen molar-refractivity contribution < 1.29 is 0 Å². The van der Waals surface area contributed by atoms with Crippen LogP contribution in [0.25, 0.3) is 10.9 Å². The predicted molar refractivity (Wildman–Crippen MR) is 80.9 cm³/mol. The van der Waals surface area contributed by atoms with E-state index in [1.54, 1.807) is 18.5 Å². The SMILES string of the molecule is NC(=NN=Cc1c[nH]c2ccccc12)c1ccccn1. The second-order valence-electron chi connectivity index (χ2n) is 4.23. The predicted octanol–water partition coefficient (Wildman–Crippen LogP) is 2.30. The van der Waals surface area contributed by atoms with Crippen molar-refractivity contribution in [1.82, 2.24) is 9.97 Å². The number of aromatic amines is 1. The number of para-hydroxylation sites is 1. The number of nitrogens with one attached hydrogen (secondary N) is 1. The van der Waals surface area contributed by atoms with E-state index in [2.05, 4.69) is 20.2 Å². The Labute approximate surface area is 115 Å². The fourth-order valence-electron chi connectivity index (χ4n) is 1.92. The highest BCUT2D eigenvalue weighted by atomic mass is 15.2. The molecule has 0 amide bonds. The summed E-state index contributed by atoms with van der Waals surface area (Å²) in [6.45, 7) is 0. The molecule has 0 saturated heterocycles. The Kier molecular flexibility index (Phi) is 3.24. The normalized spacial score (nSPS) is 12.3. The largest absolute Gasteiger partial charge is 0.380 e. The zero-order chi connectivity index (χ0) is 13.8. The molecule has 3 aromatic rings. The van der Waals surface area contributed by atoms with Gasteiger partial charge in [0.1, 0.15) is 5.69 Å². The smallest absolute Gasteiger partial charge is 0.171 e. The first-order valence-corrected chi connectivity index (χ1v) is 6.18. The first-order chi connectivity index (χ1) is 9.84. The quantitative estimate of drug-likeness (QED) is 0.432. The van der Waals surface area contributed by atoms with Gasteiger partial charge in [0.2, 0.25) is 0 Å². The maximum atomic E-state index is 5.81. The molecule has 0 atom stereocenters. The standard InChI is InChI=1S/C15H13N5/c16-15(14-7-3-4-8-17-14)20-19-10-11-9-18-13-6-2-1-5-12(11)13/h1-10,18H,(H2,16,20).